The van der Waals surface area contributed by atoms with Gasteiger partial charge in [-0.1, -0.05) is 38.1 Å². The molecule has 0 fully saturated rings. The van der Waals surface area contributed by atoms with Gasteiger partial charge in [0.05, 0.1) is 17.5 Å². The van der Waals surface area contributed by atoms with Crippen molar-refractivity contribution in [1.82, 2.24) is 4.31 Å². The molecule has 0 aliphatic heterocycles. The van der Waals surface area contributed by atoms with Gasteiger partial charge in [-0.25, -0.2) is 8.42 Å². The van der Waals surface area contributed by atoms with Crippen molar-refractivity contribution < 1.29 is 13.5 Å². The Morgan fingerprint density at radius 2 is 1.78 bits per heavy atom. The van der Waals surface area contributed by atoms with Crippen molar-refractivity contribution in [1.29, 1.82) is 0 Å². The molecule has 5 heteroatoms. The zero-order valence-corrected chi connectivity index (χ0v) is 15.4. The quantitative estimate of drug-likeness (QED) is 0.778. The van der Waals surface area contributed by atoms with Gasteiger partial charge in [-0.15, -0.1) is 5.73 Å². The van der Waals surface area contributed by atoms with Crippen LogP contribution in [0.3, 0.4) is 0 Å². The van der Waals surface area contributed by atoms with Crippen molar-refractivity contribution in [3.05, 3.63) is 47.2 Å². The minimum atomic E-state index is -3.73. The summed E-state index contributed by atoms with van der Waals surface area (Å²) in [5.41, 5.74) is 5.15. The third-order valence-corrected chi connectivity index (χ3v) is 6.00. The third kappa shape index (κ3) is 4.33. The Hall–Kier alpha value is -1.39. The molecule has 0 aliphatic rings. The van der Waals surface area contributed by atoms with E-state index in [9.17, 15) is 13.5 Å². The van der Waals surface area contributed by atoms with E-state index in [2.05, 4.69) is 12.3 Å². The molecule has 1 atom stereocenters. The first kappa shape index (κ1) is 19.7. The second-order valence-corrected chi connectivity index (χ2v) is 8.00. The lowest BCUT2D eigenvalue weighted by atomic mass is 10.0. The molecule has 1 aromatic rings. The van der Waals surface area contributed by atoms with Gasteiger partial charge in [-0.2, -0.15) is 4.31 Å². The second-order valence-electron chi connectivity index (χ2n) is 6.17. The number of aryl methyl sites for hydroxylation is 3. The van der Waals surface area contributed by atoms with Crippen LogP contribution in [0, 0.1) is 26.7 Å². The minimum absolute atomic E-state index is 0.0378. The molecule has 0 radical (unpaired) electrons. The molecule has 1 rings (SSSR count). The fraction of sp³-hybridized carbons (Fsp3) is 0.500. The van der Waals surface area contributed by atoms with Crippen molar-refractivity contribution in [2.24, 2.45) is 5.92 Å². The summed E-state index contributed by atoms with van der Waals surface area (Å²) in [6.07, 6.45) is 1.65. The number of benzene rings is 1. The van der Waals surface area contributed by atoms with Gasteiger partial charge < -0.3 is 5.11 Å². The molecule has 1 N–H and O–H groups in total. The Bertz CT molecular complexity index is 678. The highest BCUT2D eigenvalue weighted by Gasteiger charge is 2.33. The topological polar surface area (TPSA) is 57.6 Å². The Kier molecular flexibility index (Phi) is 6.78. The monoisotopic (exact) mass is 337 g/mol. The summed E-state index contributed by atoms with van der Waals surface area (Å²) in [7, 11) is -3.73. The van der Waals surface area contributed by atoms with Crippen LogP contribution >= 0.6 is 0 Å². The average Bonchev–Trinajstić information content (AvgIpc) is 2.40. The molecule has 0 saturated heterocycles. The van der Waals surface area contributed by atoms with Crippen molar-refractivity contribution in [2.75, 3.05) is 13.2 Å². The fourth-order valence-electron chi connectivity index (χ4n) is 2.95. The van der Waals surface area contributed by atoms with Crippen LogP contribution in [0.2, 0.25) is 0 Å². The van der Waals surface area contributed by atoms with E-state index in [0.717, 1.165) is 16.7 Å². The first-order valence-electron chi connectivity index (χ1n) is 7.73. The Labute approximate surface area is 140 Å². The number of hydrogen-bond donors (Lipinski definition) is 1. The van der Waals surface area contributed by atoms with Crippen LogP contribution in [-0.2, 0) is 10.0 Å². The average molecular weight is 337 g/mol. The molecule has 1 aromatic carbocycles. The maximum atomic E-state index is 13.2. The first-order chi connectivity index (χ1) is 10.7. The number of nitrogens with zero attached hydrogens (tertiary/aromatic N) is 1. The Morgan fingerprint density at radius 1 is 1.26 bits per heavy atom. The van der Waals surface area contributed by atoms with Crippen LogP contribution in [-0.4, -0.2) is 37.0 Å². The van der Waals surface area contributed by atoms with Crippen LogP contribution in [0.25, 0.3) is 0 Å². The lowest BCUT2D eigenvalue weighted by molar-refractivity contribution is 0.221. The van der Waals surface area contributed by atoms with Gasteiger partial charge in [-0.3, -0.25) is 0 Å². The molecule has 0 heterocycles. The predicted octanol–water partition coefficient (Wildman–Crippen LogP) is 2.96. The number of aliphatic hydroxyl groups is 1. The molecule has 0 bridgehead atoms. The molecule has 23 heavy (non-hydrogen) atoms. The normalized spacial score (nSPS) is 13.2. The van der Waals surface area contributed by atoms with Crippen LogP contribution in [0.1, 0.15) is 30.5 Å². The lowest BCUT2D eigenvalue weighted by Gasteiger charge is -2.31. The van der Waals surface area contributed by atoms with Crippen LogP contribution < -0.4 is 0 Å². The summed E-state index contributed by atoms with van der Waals surface area (Å²) in [6, 6.07) is 3.33. The highest BCUT2D eigenvalue weighted by molar-refractivity contribution is 7.89. The summed E-state index contributed by atoms with van der Waals surface area (Å²) in [6.45, 7) is 12.8. The smallest absolute Gasteiger partial charge is 0.244 e. The van der Waals surface area contributed by atoms with Gasteiger partial charge >= 0.3 is 0 Å². The maximum absolute atomic E-state index is 13.2. The molecule has 4 nitrogen and oxygen atoms in total. The highest BCUT2D eigenvalue weighted by Crippen LogP contribution is 2.28. The van der Waals surface area contributed by atoms with Crippen LogP contribution in [0.5, 0.6) is 0 Å². The van der Waals surface area contributed by atoms with E-state index in [1.54, 1.807) is 19.9 Å². The summed E-state index contributed by atoms with van der Waals surface area (Å²) in [5, 5.41) is 9.37. The van der Waals surface area contributed by atoms with Crippen molar-refractivity contribution in [3.8, 4) is 0 Å². The molecule has 0 amide bonds. The van der Waals surface area contributed by atoms with Gasteiger partial charge in [0.2, 0.25) is 10.0 Å². The number of sulfonamides is 1. The molecule has 0 aromatic heterocycles. The van der Waals surface area contributed by atoms with Gasteiger partial charge in [-0.05, 0) is 43.9 Å². The third-order valence-electron chi connectivity index (χ3n) is 3.80. The molecule has 0 unspecified atom stereocenters. The van der Waals surface area contributed by atoms with E-state index < -0.39 is 16.1 Å². The molecule has 0 saturated carbocycles. The standard InChI is InChI=1S/C18H27NO3S/c1-7-8-17(13(2)3)19(9-10-20)23(21,22)18-15(5)11-14(4)12-16(18)6/h8,11-13,17,20H,1,9-10H2,2-6H3/t17-/m1/s1. The van der Waals surface area contributed by atoms with E-state index in [4.69, 9.17) is 0 Å². The van der Waals surface area contributed by atoms with Crippen molar-refractivity contribution >= 4 is 10.0 Å². The van der Waals surface area contributed by atoms with E-state index in [1.807, 2.05) is 32.9 Å². The SMILES string of the molecule is C=C=C[C@H](C(C)C)N(CCO)S(=O)(=O)c1c(C)cc(C)cc1C. The molecule has 128 valence electrons. The van der Waals surface area contributed by atoms with E-state index >= 15 is 0 Å². The first-order valence-corrected chi connectivity index (χ1v) is 9.17. The zero-order valence-electron chi connectivity index (χ0n) is 14.6. The second kappa shape index (κ2) is 7.93. The van der Waals surface area contributed by atoms with E-state index in [-0.39, 0.29) is 19.1 Å². The highest BCUT2D eigenvalue weighted by atomic mass is 32.2. The summed E-state index contributed by atoms with van der Waals surface area (Å²) in [5.74, 6) is 0.0386. The van der Waals surface area contributed by atoms with Crippen molar-refractivity contribution in [3.63, 3.8) is 0 Å². The summed E-state index contributed by atoms with van der Waals surface area (Å²) in [4.78, 5) is 0.319. The van der Waals surface area contributed by atoms with Gasteiger partial charge in [0.15, 0.2) is 0 Å². The lowest BCUT2D eigenvalue weighted by Crippen LogP contribution is -2.44. The van der Waals surface area contributed by atoms with Gasteiger partial charge in [0, 0.05) is 6.54 Å². The Morgan fingerprint density at radius 3 is 2.17 bits per heavy atom. The Balaban J connectivity index is 3.55. The summed E-state index contributed by atoms with van der Waals surface area (Å²) >= 11 is 0. The number of hydrogen-bond acceptors (Lipinski definition) is 3. The molecule has 0 spiro atoms. The van der Waals surface area contributed by atoms with Crippen molar-refractivity contribution in [2.45, 2.75) is 45.6 Å². The minimum Gasteiger partial charge on any atom is -0.395 e. The molecular weight excluding hydrogens is 310 g/mol. The predicted molar refractivity (Wildman–Crippen MR) is 94.0 cm³/mol. The molecular formula is C18H27NO3S. The maximum Gasteiger partial charge on any atom is 0.244 e. The number of aliphatic hydroxyl groups excluding tert-OH is 1. The largest absolute Gasteiger partial charge is 0.395 e. The van der Waals surface area contributed by atoms with Gasteiger partial charge in [0.1, 0.15) is 0 Å². The summed E-state index contributed by atoms with van der Waals surface area (Å²) < 4.78 is 27.8. The van der Waals surface area contributed by atoms with Gasteiger partial charge in [0.25, 0.3) is 0 Å². The van der Waals surface area contributed by atoms with Crippen LogP contribution in [0.4, 0.5) is 0 Å². The van der Waals surface area contributed by atoms with E-state index in [0.29, 0.717) is 4.90 Å². The molecule has 0 aliphatic carbocycles. The van der Waals surface area contributed by atoms with Crippen LogP contribution in [0.15, 0.2) is 35.4 Å². The number of rotatable bonds is 7. The fourth-order valence-corrected chi connectivity index (χ4v) is 5.06. The van der Waals surface area contributed by atoms with E-state index in [1.165, 1.54) is 4.31 Å². The zero-order chi connectivity index (χ0) is 17.8.